The number of nitrogens with zero attached hydrogens (tertiary/aromatic N) is 1. The number of benzene rings is 2. The summed E-state index contributed by atoms with van der Waals surface area (Å²) in [5.74, 6) is 0.804. The van der Waals surface area contributed by atoms with Gasteiger partial charge in [0.2, 0.25) is 5.90 Å². The lowest BCUT2D eigenvalue weighted by molar-refractivity contribution is 0.279. The van der Waals surface area contributed by atoms with Crippen molar-refractivity contribution in [2.75, 3.05) is 6.61 Å². The van der Waals surface area contributed by atoms with Gasteiger partial charge in [-0.1, -0.05) is 43.3 Å². The van der Waals surface area contributed by atoms with Crippen molar-refractivity contribution in [3.63, 3.8) is 0 Å². The third-order valence-electron chi connectivity index (χ3n) is 3.58. The molecule has 0 aliphatic carbocycles. The Bertz CT molecular complexity index is 655. The molecule has 1 aliphatic rings. The number of hydrogen-bond acceptors (Lipinski definition) is 2. The van der Waals surface area contributed by atoms with Crippen molar-refractivity contribution in [2.45, 2.75) is 32.7 Å². The van der Waals surface area contributed by atoms with Crippen LogP contribution in [0, 0.1) is 0 Å². The van der Waals surface area contributed by atoms with Crippen LogP contribution >= 0.6 is 0 Å². The second-order valence-corrected chi connectivity index (χ2v) is 5.69. The quantitative estimate of drug-likeness (QED) is 0.794. The summed E-state index contributed by atoms with van der Waals surface area (Å²) in [5, 5.41) is 2.48. The monoisotopic (exact) mass is 253 g/mol. The van der Waals surface area contributed by atoms with Crippen LogP contribution in [0.25, 0.3) is 10.8 Å². The summed E-state index contributed by atoms with van der Waals surface area (Å²) in [7, 11) is 0. The van der Waals surface area contributed by atoms with Gasteiger partial charge in [-0.3, -0.25) is 0 Å². The number of aliphatic imine (C=N–C) groups is 1. The molecule has 0 spiro atoms. The molecule has 2 nitrogen and oxygen atoms in total. The Hall–Kier alpha value is -1.83. The molecule has 0 saturated heterocycles. The van der Waals surface area contributed by atoms with E-state index >= 15 is 0 Å². The largest absolute Gasteiger partial charge is 0.475 e. The number of fused-ring (bicyclic) bond motifs is 1. The molecule has 3 rings (SSSR count). The van der Waals surface area contributed by atoms with Crippen LogP contribution in [0.4, 0.5) is 0 Å². The zero-order valence-corrected chi connectivity index (χ0v) is 11.7. The Balaban J connectivity index is 2.27. The molecule has 19 heavy (non-hydrogen) atoms. The lowest BCUT2D eigenvalue weighted by atomic mass is 9.97. The topological polar surface area (TPSA) is 21.6 Å². The molecule has 98 valence electrons. The predicted octanol–water partition coefficient (Wildman–Crippen LogP) is 3.96. The second kappa shape index (κ2) is 4.37. The molecule has 1 aliphatic heterocycles. The van der Waals surface area contributed by atoms with Crippen molar-refractivity contribution in [3.05, 3.63) is 47.5 Å². The van der Waals surface area contributed by atoms with Crippen molar-refractivity contribution < 1.29 is 4.74 Å². The van der Waals surface area contributed by atoms with Crippen LogP contribution in [-0.2, 0) is 11.2 Å². The molecule has 2 aromatic rings. The Kier molecular flexibility index (Phi) is 2.81. The molecular formula is C17H19NO. The van der Waals surface area contributed by atoms with Crippen molar-refractivity contribution in [1.82, 2.24) is 0 Å². The minimum atomic E-state index is -0.114. The number of aryl methyl sites for hydroxylation is 1. The van der Waals surface area contributed by atoms with Gasteiger partial charge in [0.15, 0.2) is 0 Å². The molecule has 2 heteroatoms. The maximum atomic E-state index is 5.85. The maximum Gasteiger partial charge on any atom is 0.217 e. The van der Waals surface area contributed by atoms with Gasteiger partial charge in [0, 0.05) is 5.56 Å². The molecule has 2 aromatic carbocycles. The van der Waals surface area contributed by atoms with Crippen molar-refractivity contribution in [1.29, 1.82) is 0 Å². The first kappa shape index (κ1) is 12.2. The summed E-state index contributed by atoms with van der Waals surface area (Å²) in [6.07, 6.45) is 0.989. The third-order valence-corrected chi connectivity index (χ3v) is 3.58. The minimum absolute atomic E-state index is 0.114. The van der Waals surface area contributed by atoms with Gasteiger partial charge in [0.25, 0.3) is 0 Å². The lowest BCUT2D eigenvalue weighted by Gasteiger charge is -2.11. The van der Waals surface area contributed by atoms with E-state index in [0.29, 0.717) is 6.61 Å². The molecule has 0 N–H and O–H groups in total. The van der Waals surface area contributed by atoms with Crippen LogP contribution in [0.1, 0.15) is 31.9 Å². The van der Waals surface area contributed by atoms with E-state index in [1.54, 1.807) is 0 Å². The van der Waals surface area contributed by atoms with Crippen LogP contribution < -0.4 is 0 Å². The van der Waals surface area contributed by atoms with E-state index in [4.69, 9.17) is 9.73 Å². The molecule has 1 heterocycles. The first-order valence-electron chi connectivity index (χ1n) is 6.84. The van der Waals surface area contributed by atoms with Crippen molar-refractivity contribution >= 4 is 16.7 Å². The Morgan fingerprint density at radius 2 is 1.95 bits per heavy atom. The van der Waals surface area contributed by atoms with Crippen molar-refractivity contribution in [3.8, 4) is 0 Å². The normalized spacial score (nSPS) is 17.3. The predicted molar refractivity (Wildman–Crippen MR) is 79.9 cm³/mol. The van der Waals surface area contributed by atoms with Crippen LogP contribution in [0.5, 0.6) is 0 Å². The van der Waals surface area contributed by atoms with Gasteiger partial charge in [-0.15, -0.1) is 0 Å². The van der Waals surface area contributed by atoms with Gasteiger partial charge in [-0.05, 0) is 36.6 Å². The van der Waals surface area contributed by atoms with E-state index in [0.717, 1.165) is 12.3 Å². The van der Waals surface area contributed by atoms with Gasteiger partial charge in [-0.2, -0.15) is 0 Å². The van der Waals surface area contributed by atoms with E-state index in [2.05, 4.69) is 57.2 Å². The highest BCUT2D eigenvalue weighted by Gasteiger charge is 2.28. The van der Waals surface area contributed by atoms with Crippen LogP contribution in [0.3, 0.4) is 0 Å². The van der Waals surface area contributed by atoms with E-state index in [9.17, 15) is 0 Å². The fourth-order valence-corrected chi connectivity index (χ4v) is 2.58. The molecule has 0 bridgehead atoms. The van der Waals surface area contributed by atoms with E-state index < -0.39 is 0 Å². The third kappa shape index (κ3) is 2.12. The van der Waals surface area contributed by atoms with Crippen LogP contribution in [-0.4, -0.2) is 18.0 Å². The highest BCUT2D eigenvalue weighted by Crippen LogP contribution is 2.28. The zero-order valence-electron chi connectivity index (χ0n) is 11.7. The summed E-state index contributed by atoms with van der Waals surface area (Å²) < 4.78 is 5.85. The highest BCUT2D eigenvalue weighted by molar-refractivity contribution is 6.09. The van der Waals surface area contributed by atoms with Gasteiger partial charge in [-0.25, -0.2) is 4.99 Å². The fraction of sp³-hybridized carbons (Fsp3) is 0.353. The molecule has 0 saturated carbocycles. The lowest BCUT2D eigenvalue weighted by Crippen LogP contribution is -2.17. The minimum Gasteiger partial charge on any atom is -0.475 e. The smallest absolute Gasteiger partial charge is 0.217 e. The maximum absolute atomic E-state index is 5.85. The molecule has 0 unspecified atom stereocenters. The molecule has 0 atom stereocenters. The molecule has 0 radical (unpaired) electrons. The van der Waals surface area contributed by atoms with Crippen LogP contribution in [0.15, 0.2) is 41.4 Å². The molecule has 0 aromatic heterocycles. The van der Waals surface area contributed by atoms with Gasteiger partial charge in [0.05, 0.1) is 5.54 Å². The summed E-state index contributed by atoms with van der Waals surface area (Å²) >= 11 is 0. The standard InChI is InChI=1S/C17H19NO/c1-4-12-9-10-13-7-5-6-8-14(13)15(12)16-18-17(2,3)11-19-16/h5-10H,4,11H2,1-3H3. The summed E-state index contributed by atoms with van der Waals surface area (Å²) in [6.45, 7) is 7.05. The average molecular weight is 253 g/mol. The molecule has 0 amide bonds. The molecule has 0 fully saturated rings. The Morgan fingerprint density at radius 3 is 2.63 bits per heavy atom. The average Bonchev–Trinajstić information content (AvgIpc) is 2.77. The highest BCUT2D eigenvalue weighted by atomic mass is 16.5. The van der Waals surface area contributed by atoms with Gasteiger partial charge < -0.3 is 4.74 Å². The second-order valence-electron chi connectivity index (χ2n) is 5.69. The number of rotatable bonds is 2. The number of hydrogen-bond donors (Lipinski definition) is 0. The summed E-state index contributed by atoms with van der Waals surface area (Å²) in [6, 6.07) is 12.8. The Morgan fingerprint density at radius 1 is 1.16 bits per heavy atom. The zero-order chi connectivity index (χ0) is 13.5. The van der Waals surface area contributed by atoms with E-state index in [-0.39, 0.29) is 5.54 Å². The van der Waals surface area contributed by atoms with E-state index in [1.807, 2.05) is 0 Å². The Labute approximate surface area is 114 Å². The first-order chi connectivity index (χ1) is 9.11. The van der Waals surface area contributed by atoms with E-state index in [1.165, 1.54) is 21.9 Å². The van der Waals surface area contributed by atoms with Crippen molar-refractivity contribution in [2.24, 2.45) is 4.99 Å². The number of ether oxygens (including phenoxy) is 1. The van der Waals surface area contributed by atoms with Crippen LogP contribution in [0.2, 0.25) is 0 Å². The summed E-state index contributed by atoms with van der Waals surface area (Å²) in [5.41, 5.74) is 2.36. The fourth-order valence-electron chi connectivity index (χ4n) is 2.58. The summed E-state index contributed by atoms with van der Waals surface area (Å²) in [4.78, 5) is 4.74. The van der Waals surface area contributed by atoms with Gasteiger partial charge >= 0.3 is 0 Å². The SMILES string of the molecule is CCc1ccc2ccccc2c1C1=NC(C)(C)CO1. The van der Waals surface area contributed by atoms with Gasteiger partial charge in [0.1, 0.15) is 6.61 Å². The first-order valence-corrected chi connectivity index (χ1v) is 6.84. The molecular weight excluding hydrogens is 234 g/mol.